The first-order valence-electron chi connectivity index (χ1n) is 6.54. The van der Waals surface area contributed by atoms with E-state index in [1.54, 1.807) is 18.2 Å². The number of nitrogens with zero attached hydrogens (tertiary/aromatic N) is 2. The molecule has 2 rings (SSSR count). The number of para-hydroxylation sites is 1. The molecule has 2 N–H and O–H groups in total. The smallest absolute Gasteiger partial charge is 0.333 e. The molecule has 1 atom stereocenters. The third-order valence-corrected chi connectivity index (χ3v) is 3.19. The highest BCUT2D eigenvalue weighted by Gasteiger charge is 2.28. The predicted octanol–water partition coefficient (Wildman–Crippen LogP) is 1.92. The number of hydrogen-bond donors (Lipinski definition) is 1. The van der Waals surface area contributed by atoms with E-state index in [4.69, 9.17) is 10.5 Å². The van der Waals surface area contributed by atoms with Gasteiger partial charge in [0.1, 0.15) is 5.69 Å². The monoisotopic (exact) mass is 265 g/mol. The largest absolute Gasteiger partial charge is 0.487 e. The average molecular weight is 265 g/mol. The van der Waals surface area contributed by atoms with Gasteiger partial charge in [0.05, 0.1) is 11.5 Å². The Morgan fingerprint density at radius 1 is 1.58 bits per heavy atom. The number of ether oxygens (including phenoxy) is 1. The number of hydrogen-bond acceptors (Lipinski definition) is 5. The third-order valence-electron chi connectivity index (χ3n) is 3.19. The Bertz CT molecular complexity index is 464. The fraction of sp³-hybridized carbons (Fsp3) is 0.538. The zero-order valence-corrected chi connectivity index (χ0v) is 11.0. The molecular weight excluding hydrogens is 246 g/mol. The highest BCUT2D eigenvalue weighted by atomic mass is 16.6. The normalized spacial score (nSPS) is 18.6. The van der Waals surface area contributed by atoms with Crippen LogP contribution in [0, 0.1) is 10.1 Å². The van der Waals surface area contributed by atoms with Gasteiger partial charge >= 0.3 is 5.69 Å². The van der Waals surface area contributed by atoms with Crippen molar-refractivity contribution in [2.45, 2.75) is 25.8 Å². The summed E-state index contributed by atoms with van der Waals surface area (Å²) in [5.74, 6) is 0.338. The lowest BCUT2D eigenvalue weighted by Crippen LogP contribution is -2.26. The Kier molecular flexibility index (Phi) is 4.21. The molecule has 1 aromatic carbocycles. The van der Waals surface area contributed by atoms with E-state index in [9.17, 15) is 10.1 Å². The highest BCUT2D eigenvalue weighted by Crippen LogP contribution is 2.38. The first kappa shape index (κ1) is 13.6. The first-order valence-corrected chi connectivity index (χ1v) is 6.54. The van der Waals surface area contributed by atoms with Crippen molar-refractivity contribution in [2.75, 3.05) is 24.6 Å². The topological polar surface area (TPSA) is 81.6 Å². The van der Waals surface area contributed by atoms with E-state index >= 15 is 0 Å². The van der Waals surface area contributed by atoms with Gasteiger partial charge < -0.3 is 15.4 Å². The van der Waals surface area contributed by atoms with Crippen LogP contribution in [0.5, 0.6) is 5.75 Å². The fourth-order valence-corrected chi connectivity index (χ4v) is 2.28. The Balaban J connectivity index is 2.34. The minimum Gasteiger partial charge on any atom is -0.487 e. The van der Waals surface area contributed by atoms with E-state index in [1.165, 1.54) is 0 Å². The zero-order valence-electron chi connectivity index (χ0n) is 11.0. The van der Waals surface area contributed by atoms with Gasteiger partial charge in [-0.1, -0.05) is 13.0 Å². The lowest BCUT2D eigenvalue weighted by atomic mass is 10.2. The minimum absolute atomic E-state index is 0.0463. The van der Waals surface area contributed by atoms with Crippen molar-refractivity contribution < 1.29 is 9.66 Å². The lowest BCUT2D eigenvalue weighted by Gasteiger charge is -2.19. The second-order valence-corrected chi connectivity index (χ2v) is 4.72. The molecule has 0 saturated carbocycles. The molecular formula is C13H19N3O3. The summed E-state index contributed by atoms with van der Waals surface area (Å²) in [4.78, 5) is 12.9. The van der Waals surface area contributed by atoms with Gasteiger partial charge in [-0.15, -0.1) is 0 Å². The maximum absolute atomic E-state index is 11.3. The van der Waals surface area contributed by atoms with Crippen LogP contribution in [0.15, 0.2) is 18.2 Å². The molecule has 1 aliphatic rings. The van der Waals surface area contributed by atoms with Crippen LogP contribution in [0.2, 0.25) is 0 Å². The number of benzene rings is 1. The molecule has 6 nitrogen and oxygen atoms in total. The van der Waals surface area contributed by atoms with Gasteiger partial charge in [0, 0.05) is 19.1 Å². The molecule has 6 heteroatoms. The lowest BCUT2D eigenvalue weighted by molar-refractivity contribution is -0.385. The molecule has 1 aliphatic heterocycles. The summed E-state index contributed by atoms with van der Waals surface area (Å²) in [6.45, 7) is 3.84. The quantitative estimate of drug-likeness (QED) is 0.649. The predicted molar refractivity (Wildman–Crippen MR) is 73.7 cm³/mol. The summed E-state index contributed by atoms with van der Waals surface area (Å²) in [6.07, 6.45) is 1.67. The van der Waals surface area contributed by atoms with E-state index in [0.717, 1.165) is 19.4 Å². The molecule has 1 fully saturated rings. The molecule has 0 aromatic heterocycles. The summed E-state index contributed by atoms with van der Waals surface area (Å²) >= 11 is 0. The van der Waals surface area contributed by atoms with Gasteiger partial charge in [0.2, 0.25) is 0 Å². The van der Waals surface area contributed by atoms with Crippen LogP contribution in [-0.4, -0.2) is 30.7 Å². The van der Waals surface area contributed by atoms with Gasteiger partial charge in [-0.25, -0.2) is 0 Å². The van der Waals surface area contributed by atoms with E-state index in [2.05, 4.69) is 0 Å². The van der Waals surface area contributed by atoms with Crippen molar-refractivity contribution in [2.24, 2.45) is 5.73 Å². The van der Waals surface area contributed by atoms with Crippen molar-refractivity contribution in [1.82, 2.24) is 0 Å². The van der Waals surface area contributed by atoms with Gasteiger partial charge in [-0.05, 0) is 25.0 Å². The van der Waals surface area contributed by atoms with E-state index in [1.807, 2.05) is 11.8 Å². The van der Waals surface area contributed by atoms with Gasteiger partial charge in [0.15, 0.2) is 5.75 Å². The average Bonchev–Trinajstić information content (AvgIpc) is 2.82. The van der Waals surface area contributed by atoms with E-state index in [0.29, 0.717) is 24.6 Å². The Morgan fingerprint density at radius 2 is 2.37 bits per heavy atom. The number of anilines is 1. The van der Waals surface area contributed by atoms with Crippen molar-refractivity contribution in [3.05, 3.63) is 28.3 Å². The Labute approximate surface area is 112 Å². The summed E-state index contributed by atoms with van der Waals surface area (Å²) in [6, 6.07) is 5.28. The Hall–Kier alpha value is -1.82. The molecule has 1 unspecified atom stereocenters. The van der Waals surface area contributed by atoms with Crippen molar-refractivity contribution >= 4 is 11.4 Å². The van der Waals surface area contributed by atoms with Crippen LogP contribution < -0.4 is 15.4 Å². The second-order valence-electron chi connectivity index (χ2n) is 4.72. The fourth-order valence-electron chi connectivity index (χ4n) is 2.28. The number of nitro benzene ring substituents is 1. The number of rotatable bonds is 5. The second kappa shape index (κ2) is 5.88. The molecule has 0 amide bonds. The van der Waals surface area contributed by atoms with Crippen LogP contribution in [0.25, 0.3) is 0 Å². The van der Waals surface area contributed by atoms with E-state index < -0.39 is 0 Å². The maximum atomic E-state index is 11.3. The maximum Gasteiger partial charge on any atom is 0.333 e. The standard InChI is InChI=1S/C13H19N3O3/c1-2-8-19-12-5-3-4-11(13(12)16(17)18)15-7-6-10(14)9-15/h3-5,10H,2,6-9,14H2,1H3. The summed E-state index contributed by atoms with van der Waals surface area (Å²) in [5, 5.41) is 11.3. The minimum atomic E-state index is -0.371. The molecule has 1 saturated heterocycles. The first-order chi connectivity index (χ1) is 9.13. The van der Waals surface area contributed by atoms with Gasteiger partial charge in [-0.2, -0.15) is 0 Å². The third kappa shape index (κ3) is 2.96. The van der Waals surface area contributed by atoms with Gasteiger partial charge in [-0.3, -0.25) is 10.1 Å². The van der Waals surface area contributed by atoms with E-state index in [-0.39, 0.29) is 16.7 Å². The molecule has 0 spiro atoms. The SMILES string of the molecule is CCCOc1cccc(N2CCC(N)C2)c1[N+](=O)[O-]. The molecule has 19 heavy (non-hydrogen) atoms. The molecule has 1 aromatic rings. The molecule has 104 valence electrons. The molecule has 1 heterocycles. The number of nitrogens with two attached hydrogens (primary N) is 1. The van der Waals surface area contributed by atoms with Crippen LogP contribution in [0.1, 0.15) is 19.8 Å². The van der Waals surface area contributed by atoms with Crippen molar-refractivity contribution in [3.63, 3.8) is 0 Å². The molecule has 0 aliphatic carbocycles. The van der Waals surface area contributed by atoms with Crippen LogP contribution >= 0.6 is 0 Å². The number of nitro groups is 1. The zero-order chi connectivity index (χ0) is 13.8. The van der Waals surface area contributed by atoms with Crippen molar-refractivity contribution in [3.8, 4) is 5.75 Å². The van der Waals surface area contributed by atoms with Crippen LogP contribution in [0.4, 0.5) is 11.4 Å². The molecule has 0 bridgehead atoms. The molecule has 0 radical (unpaired) electrons. The van der Waals surface area contributed by atoms with Gasteiger partial charge in [0.25, 0.3) is 0 Å². The van der Waals surface area contributed by atoms with Crippen LogP contribution in [-0.2, 0) is 0 Å². The van der Waals surface area contributed by atoms with Crippen molar-refractivity contribution in [1.29, 1.82) is 0 Å². The summed E-state index contributed by atoms with van der Waals surface area (Å²) in [5.41, 5.74) is 6.51. The summed E-state index contributed by atoms with van der Waals surface area (Å²) in [7, 11) is 0. The van der Waals surface area contributed by atoms with Crippen LogP contribution in [0.3, 0.4) is 0 Å². The Morgan fingerprint density at radius 3 is 2.95 bits per heavy atom. The highest BCUT2D eigenvalue weighted by molar-refractivity contribution is 5.70. The summed E-state index contributed by atoms with van der Waals surface area (Å²) < 4.78 is 5.48.